The van der Waals surface area contributed by atoms with Crippen molar-refractivity contribution in [3.05, 3.63) is 58.6 Å². The van der Waals surface area contributed by atoms with Crippen molar-refractivity contribution in [2.24, 2.45) is 0 Å². The molecule has 0 fully saturated rings. The zero-order valence-corrected chi connectivity index (χ0v) is 18.3. The summed E-state index contributed by atoms with van der Waals surface area (Å²) < 4.78 is 24.4. The molecule has 0 aliphatic heterocycles. The van der Waals surface area contributed by atoms with Crippen molar-refractivity contribution in [1.82, 2.24) is 5.32 Å². The SMILES string of the molecule is CC[C@@H](C)NC(=O)c1ccccc1NC(=O)c1ccc(N(C)S(C)(=O)=O)cc1Cl. The summed E-state index contributed by atoms with van der Waals surface area (Å²) in [6.07, 6.45) is 1.85. The molecule has 9 heteroatoms. The van der Waals surface area contributed by atoms with Crippen LogP contribution in [-0.4, -0.2) is 39.6 Å². The molecule has 7 nitrogen and oxygen atoms in total. The molecule has 29 heavy (non-hydrogen) atoms. The molecule has 0 aromatic heterocycles. The average molecular weight is 438 g/mol. The minimum atomic E-state index is -3.45. The van der Waals surface area contributed by atoms with Crippen molar-refractivity contribution in [2.75, 3.05) is 22.9 Å². The maximum absolute atomic E-state index is 12.7. The molecule has 0 heterocycles. The van der Waals surface area contributed by atoms with E-state index in [4.69, 9.17) is 11.6 Å². The lowest BCUT2D eigenvalue weighted by molar-refractivity contribution is 0.0940. The number of anilines is 2. The molecule has 2 aromatic rings. The molecule has 2 rings (SSSR count). The van der Waals surface area contributed by atoms with E-state index >= 15 is 0 Å². The molecule has 1 atom stereocenters. The molecule has 2 N–H and O–H groups in total. The average Bonchev–Trinajstić information content (AvgIpc) is 2.66. The van der Waals surface area contributed by atoms with Gasteiger partial charge in [-0.2, -0.15) is 0 Å². The van der Waals surface area contributed by atoms with Crippen molar-refractivity contribution in [3.8, 4) is 0 Å². The third kappa shape index (κ3) is 5.71. The van der Waals surface area contributed by atoms with Crippen LogP contribution in [0.1, 0.15) is 41.0 Å². The number of benzene rings is 2. The fourth-order valence-electron chi connectivity index (χ4n) is 2.46. The smallest absolute Gasteiger partial charge is 0.257 e. The first-order valence-electron chi connectivity index (χ1n) is 8.99. The second-order valence-electron chi connectivity index (χ2n) is 6.68. The Kier molecular flexibility index (Phi) is 7.26. The van der Waals surface area contributed by atoms with Crippen molar-refractivity contribution in [2.45, 2.75) is 26.3 Å². The van der Waals surface area contributed by atoms with Crippen LogP contribution in [0.4, 0.5) is 11.4 Å². The van der Waals surface area contributed by atoms with Gasteiger partial charge in [0.1, 0.15) is 0 Å². The third-order valence-electron chi connectivity index (χ3n) is 4.47. The van der Waals surface area contributed by atoms with Crippen LogP contribution in [0.15, 0.2) is 42.5 Å². The lowest BCUT2D eigenvalue weighted by atomic mass is 10.1. The number of halogens is 1. The van der Waals surface area contributed by atoms with Crippen LogP contribution in [0.3, 0.4) is 0 Å². The summed E-state index contributed by atoms with van der Waals surface area (Å²) in [4.78, 5) is 25.2. The summed E-state index contributed by atoms with van der Waals surface area (Å²) >= 11 is 6.21. The van der Waals surface area contributed by atoms with E-state index < -0.39 is 15.9 Å². The van der Waals surface area contributed by atoms with Gasteiger partial charge in [0.05, 0.1) is 33.8 Å². The number of carbonyl (C=O) groups is 2. The Morgan fingerprint density at radius 2 is 1.76 bits per heavy atom. The van der Waals surface area contributed by atoms with Crippen LogP contribution in [0.2, 0.25) is 5.02 Å². The quantitative estimate of drug-likeness (QED) is 0.692. The van der Waals surface area contributed by atoms with Gasteiger partial charge < -0.3 is 10.6 Å². The molecule has 0 saturated carbocycles. The van der Waals surface area contributed by atoms with Gasteiger partial charge in [0, 0.05) is 13.1 Å². The van der Waals surface area contributed by atoms with E-state index in [0.29, 0.717) is 16.9 Å². The van der Waals surface area contributed by atoms with Gasteiger partial charge in [0.2, 0.25) is 10.0 Å². The second kappa shape index (κ2) is 9.28. The van der Waals surface area contributed by atoms with Crippen LogP contribution in [0.25, 0.3) is 0 Å². The van der Waals surface area contributed by atoms with Crippen molar-refractivity contribution in [3.63, 3.8) is 0 Å². The largest absolute Gasteiger partial charge is 0.350 e. The number of nitrogens with zero attached hydrogens (tertiary/aromatic N) is 1. The number of nitrogens with one attached hydrogen (secondary N) is 2. The Bertz CT molecular complexity index is 1020. The Hall–Kier alpha value is -2.58. The fourth-order valence-corrected chi connectivity index (χ4v) is 3.22. The number of para-hydroxylation sites is 1. The Morgan fingerprint density at radius 3 is 2.34 bits per heavy atom. The maximum atomic E-state index is 12.7. The maximum Gasteiger partial charge on any atom is 0.257 e. The summed E-state index contributed by atoms with van der Waals surface area (Å²) in [6.45, 7) is 3.86. The predicted molar refractivity (Wildman–Crippen MR) is 116 cm³/mol. The van der Waals surface area contributed by atoms with Gasteiger partial charge in [-0.05, 0) is 43.7 Å². The minimum absolute atomic E-state index is 0.0000746. The van der Waals surface area contributed by atoms with Gasteiger partial charge in [-0.3, -0.25) is 13.9 Å². The number of sulfonamides is 1. The number of hydrogen-bond acceptors (Lipinski definition) is 4. The monoisotopic (exact) mass is 437 g/mol. The van der Waals surface area contributed by atoms with Crippen LogP contribution in [0.5, 0.6) is 0 Å². The van der Waals surface area contributed by atoms with E-state index in [-0.39, 0.29) is 22.5 Å². The van der Waals surface area contributed by atoms with E-state index in [9.17, 15) is 18.0 Å². The molecular formula is C20H24ClN3O4S. The molecule has 0 spiro atoms. The zero-order valence-electron chi connectivity index (χ0n) is 16.7. The molecule has 0 radical (unpaired) electrons. The summed E-state index contributed by atoms with van der Waals surface area (Å²) in [5.74, 6) is -0.793. The summed E-state index contributed by atoms with van der Waals surface area (Å²) in [6, 6.07) is 11.0. The normalized spacial score (nSPS) is 12.2. The lowest BCUT2D eigenvalue weighted by Gasteiger charge is -2.18. The molecule has 0 bridgehead atoms. The molecule has 0 saturated heterocycles. The van der Waals surface area contributed by atoms with Crippen molar-refractivity contribution < 1.29 is 18.0 Å². The molecular weight excluding hydrogens is 414 g/mol. The highest BCUT2D eigenvalue weighted by Gasteiger charge is 2.19. The van der Waals surface area contributed by atoms with Crippen molar-refractivity contribution in [1.29, 1.82) is 0 Å². The highest BCUT2D eigenvalue weighted by atomic mass is 35.5. The van der Waals surface area contributed by atoms with Gasteiger partial charge in [0.25, 0.3) is 11.8 Å². The van der Waals surface area contributed by atoms with Crippen LogP contribution in [0, 0.1) is 0 Å². The lowest BCUT2D eigenvalue weighted by Crippen LogP contribution is -2.32. The predicted octanol–water partition coefficient (Wildman–Crippen LogP) is 3.52. The highest BCUT2D eigenvalue weighted by Crippen LogP contribution is 2.26. The number of carbonyl (C=O) groups excluding carboxylic acids is 2. The molecule has 2 aromatic carbocycles. The summed E-state index contributed by atoms with van der Waals surface area (Å²) in [5, 5.41) is 5.66. The first-order chi connectivity index (χ1) is 13.5. The van der Waals surface area contributed by atoms with Gasteiger partial charge in [-0.15, -0.1) is 0 Å². The van der Waals surface area contributed by atoms with Gasteiger partial charge >= 0.3 is 0 Å². The molecule has 2 amide bonds. The fraction of sp³-hybridized carbons (Fsp3) is 0.300. The third-order valence-corrected chi connectivity index (χ3v) is 5.99. The summed E-state index contributed by atoms with van der Waals surface area (Å²) in [7, 11) is -2.06. The van der Waals surface area contributed by atoms with E-state index in [1.807, 2.05) is 13.8 Å². The standard InChI is InChI=1S/C20H24ClN3O4S/c1-5-13(2)22-20(26)16-8-6-7-9-18(16)23-19(25)15-11-10-14(12-17(15)21)24(3)29(4,27)28/h6-13H,5H2,1-4H3,(H,22,26)(H,23,25)/t13-/m1/s1. The van der Waals surface area contributed by atoms with Crippen molar-refractivity contribution >= 4 is 44.8 Å². The highest BCUT2D eigenvalue weighted by molar-refractivity contribution is 7.92. The van der Waals surface area contributed by atoms with Gasteiger partial charge in [-0.1, -0.05) is 30.7 Å². The number of hydrogen-bond donors (Lipinski definition) is 2. The van der Waals surface area contributed by atoms with Gasteiger partial charge in [0.15, 0.2) is 0 Å². The van der Waals surface area contributed by atoms with Crippen LogP contribution in [-0.2, 0) is 10.0 Å². The second-order valence-corrected chi connectivity index (χ2v) is 9.10. The Balaban J connectivity index is 2.26. The molecule has 0 unspecified atom stereocenters. The number of rotatable bonds is 7. The Morgan fingerprint density at radius 1 is 1.10 bits per heavy atom. The Labute approximate surface area is 176 Å². The molecule has 0 aliphatic carbocycles. The van der Waals surface area contributed by atoms with Crippen LogP contribution >= 0.6 is 11.6 Å². The topological polar surface area (TPSA) is 95.6 Å². The molecule has 0 aliphatic rings. The zero-order chi connectivity index (χ0) is 21.8. The van der Waals surface area contributed by atoms with E-state index in [0.717, 1.165) is 17.0 Å². The number of amides is 2. The van der Waals surface area contributed by atoms with Gasteiger partial charge in [-0.25, -0.2) is 8.42 Å². The van der Waals surface area contributed by atoms with E-state index in [1.165, 1.54) is 25.2 Å². The minimum Gasteiger partial charge on any atom is -0.350 e. The first kappa shape index (κ1) is 22.7. The van der Waals surface area contributed by atoms with E-state index in [2.05, 4.69) is 10.6 Å². The first-order valence-corrected chi connectivity index (χ1v) is 11.2. The summed E-state index contributed by atoms with van der Waals surface area (Å²) in [5.41, 5.74) is 1.19. The van der Waals surface area contributed by atoms with E-state index in [1.54, 1.807) is 24.3 Å². The van der Waals surface area contributed by atoms with Crippen LogP contribution < -0.4 is 14.9 Å². The molecule has 156 valence electrons.